The van der Waals surface area contributed by atoms with Gasteiger partial charge in [0.25, 0.3) is 0 Å². The lowest BCUT2D eigenvalue weighted by Crippen LogP contribution is -2.36. The first-order valence-electron chi connectivity index (χ1n) is 13.4. The molecule has 0 saturated carbocycles. The molecule has 1 aromatic carbocycles. The van der Waals surface area contributed by atoms with Crippen LogP contribution in [0.4, 0.5) is 0 Å². The zero-order chi connectivity index (χ0) is 26.8. The molecule has 1 aromatic rings. The minimum atomic E-state index is -4.64. The van der Waals surface area contributed by atoms with E-state index in [4.69, 9.17) is 24.0 Å². The number of hydrogen-bond donors (Lipinski definition) is 4. The molecule has 0 aliphatic carbocycles. The van der Waals surface area contributed by atoms with Gasteiger partial charge in [-0.1, -0.05) is 72.6 Å². The number of phenolic OH excluding ortho intramolecular Hbond substituents is 1. The molecule has 1 heterocycles. The fourth-order valence-electron chi connectivity index (χ4n) is 4.94. The first-order valence-corrected chi connectivity index (χ1v) is 15.0. The van der Waals surface area contributed by atoms with Gasteiger partial charge < -0.3 is 24.5 Å². The van der Waals surface area contributed by atoms with Crippen molar-refractivity contribution < 1.29 is 29.1 Å². The number of ether oxygens (including phenoxy) is 1. The van der Waals surface area contributed by atoms with Crippen molar-refractivity contribution in [2.45, 2.75) is 125 Å². The van der Waals surface area contributed by atoms with E-state index in [1.54, 1.807) is 0 Å². The maximum Gasteiger partial charge on any atom is 0.466 e. The van der Waals surface area contributed by atoms with Crippen molar-refractivity contribution in [2.24, 2.45) is 17.8 Å². The molecule has 0 bridgehead atoms. The third-order valence-corrected chi connectivity index (χ3v) is 7.44. The number of fused-ring (bicyclic) bond motifs is 1. The van der Waals surface area contributed by atoms with Gasteiger partial charge in [-0.05, 0) is 87.0 Å². The molecular weight excluding hydrogens is 463 g/mol. The van der Waals surface area contributed by atoms with E-state index in [9.17, 15) is 5.11 Å². The first-order chi connectivity index (χ1) is 16.1. The normalized spacial score (nSPS) is 19.4. The summed E-state index contributed by atoms with van der Waals surface area (Å²) in [5, 5.41) is 10.1. The van der Waals surface area contributed by atoms with Crippen LogP contribution >= 0.6 is 7.82 Å². The predicted molar refractivity (Wildman–Crippen MR) is 144 cm³/mol. The lowest BCUT2D eigenvalue weighted by atomic mass is 9.85. The van der Waals surface area contributed by atoms with Gasteiger partial charge in [0.15, 0.2) is 0 Å². The molecule has 7 heteroatoms. The fourth-order valence-corrected chi connectivity index (χ4v) is 4.94. The summed E-state index contributed by atoms with van der Waals surface area (Å²) in [7, 11) is -4.64. The molecule has 3 atom stereocenters. The molecule has 4 N–H and O–H groups in total. The Morgan fingerprint density at radius 3 is 1.91 bits per heavy atom. The summed E-state index contributed by atoms with van der Waals surface area (Å²) in [6.07, 6.45) is 14.1. The Balaban J connectivity index is 0.00000111. The molecule has 0 unspecified atom stereocenters. The Morgan fingerprint density at radius 1 is 0.914 bits per heavy atom. The Bertz CT molecular complexity index is 810. The lowest BCUT2D eigenvalue weighted by Gasteiger charge is -2.37. The highest BCUT2D eigenvalue weighted by atomic mass is 31.2. The molecule has 6 nitrogen and oxygen atoms in total. The van der Waals surface area contributed by atoms with Gasteiger partial charge in [-0.25, -0.2) is 4.57 Å². The van der Waals surface area contributed by atoms with E-state index in [0.717, 1.165) is 53.9 Å². The summed E-state index contributed by atoms with van der Waals surface area (Å²) in [6.45, 7) is 15.9. The molecule has 0 amide bonds. The lowest BCUT2D eigenvalue weighted by molar-refractivity contribution is 0.0514. The van der Waals surface area contributed by atoms with Crippen LogP contribution in [0.15, 0.2) is 6.07 Å². The number of rotatable bonds is 12. The van der Waals surface area contributed by atoms with Crippen LogP contribution in [0.3, 0.4) is 0 Å². The molecule has 0 aromatic heterocycles. The molecule has 0 fully saturated rings. The van der Waals surface area contributed by atoms with Crippen molar-refractivity contribution in [2.75, 3.05) is 0 Å². The van der Waals surface area contributed by atoms with Crippen molar-refractivity contribution in [3.05, 3.63) is 22.8 Å². The topological polar surface area (TPSA) is 107 Å². The van der Waals surface area contributed by atoms with Crippen LogP contribution in [0.5, 0.6) is 11.5 Å². The van der Waals surface area contributed by atoms with Gasteiger partial charge in [0.05, 0.1) is 0 Å². The smallest absolute Gasteiger partial charge is 0.466 e. The van der Waals surface area contributed by atoms with E-state index in [0.29, 0.717) is 5.75 Å². The zero-order valence-electron chi connectivity index (χ0n) is 23.1. The van der Waals surface area contributed by atoms with Crippen molar-refractivity contribution in [1.82, 2.24) is 0 Å². The fraction of sp³-hybridized carbons (Fsp3) is 0.786. The van der Waals surface area contributed by atoms with Gasteiger partial charge >= 0.3 is 7.82 Å². The average molecular weight is 515 g/mol. The largest absolute Gasteiger partial charge is 0.508 e. The number of phenols is 1. The van der Waals surface area contributed by atoms with Gasteiger partial charge in [-0.2, -0.15) is 0 Å². The molecule has 204 valence electrons. The number of phosphoric acid groups is 1. The zero-order valence-corrected chi connectivity index (χ0v) is 24.0. The Morgan fingerprint density at radius 2 is 1.40 bits per heavy atom. The second-order valence-electron chi connectivity index (χ2n) is 11.6. The standard InChI is InChI=1S/C28H48O2.H3O4P/c1-20(2)11-8-12-21(3)13-9-14-22(4)15-10-17-28(7)18-16-25-19-26(29)23(5)24(6)27(25)30-28;1-5(2,3)4/h19-22,29H,8-18H2,1-7H3;(H3,1,2,3,4)/t21-,22-,28-;/m1./s1. The van der Waals surface area contributed by atoms with Crippen LogP contribution in [0, 0.1) is 31.6 Å². The molecule has 0 spiro atoms. The van der Waals surface area contributed by atoms with E-state index in [1.165, 1.54) is 56.9 Å². The van der Waals surface area contributed by atoms with E-state index in [2.05, 4.69) is 41.5 Å². The van der Waals surface area contributed by atoms with E-state index in [1.807, 2.05) is 13.0 Å². The van der Waals surface area contributed by atoms with Crippen molar-refractivity contribution in [3.63, 3.8) is 0 Å². The monoisotopic (exact) mass is 514 g/mol. The molecule has 0 radical (unpaired) electrons. The molecule has 1 aliphatic heterocycles. The number of aromatic hydroxyl groups is 1. The summed E-state index contributed by atoms with van der Waals surface area (Å²) in [5.74, 6) is 3.98. The van der Waals surface area contributed by atoms with Crippen LogP contribution in [0.25, 0.3) is 0 Å². The number of aryl methyl sites for hydroxylation is 1. The Labute approximate surface area is 213 Å². The van der Waals surface area contributed by atoms with Crippen LogP contribution < -0.4 is 4.74 Å². The van der Waals surface area contributed by atoms with Crippen LogP contribution in [-0.4, -0.2) is 25.4 Å². The van der Waals surface area contributed by atoms with Crippen molar-refractivity contribution in [3.8, 4) is 11.5 Å². The quantitative estimate of drug-likeness (QED) is 0.214. The minimum absolute atomic E-state index is 0.0637. The second-order valence-corrected chi connectivity index (χ2v) is 12.6. The van der Waals surface area contributed by atoms with Crippen LogP contribution in [0.1, 0.15) is 116 Å². The highest BCUT2D eigenvalue weighted by Gasteiger charge is 2.33. The highest BCUT2D eigenvalue weighted by molar-refractivity contribution is 7.45. The number of benzene rings is 1. The third kappa shape index (κ3) is 13.2. The second kappa shape index (κ2) is 14.6. The maximum atomic E-state index is 10.1. The van der Waals surface area contributed by atoms with Crippen molar-refractivity contribution >= 4 is 7.82 Å². The minimum Gasteiger partial charge on any atom is -0.508 e. The summed E-state index contributed by atoms with van der Waals surface area (Å²) in [6, 6.07) is 1.91. The van der Waals surface area contributed by atoms with E-state index >= 15 is 0 Å². The molecular formula is C28H51O6P. The molecule has 0 saturated heterocycles. The van der Waals surface area contributed by atoms with Gasteiger partial charge in [0.1, 0.15) is 17.1 Å². The van der Waals surface area contributed by atoms with Crippen LogP contribution in [-0.2, 0) is 11.0 Å². The molecule has 35 heavy (non-hydrogen) atoms. The Hall–Kier alpha value is -1.07. The Kier molecular flexibility index (Phi) is 13.3. The molecule has 1 aliphatic rings. The first kappa shape index (κ1) is 32.0. The summed E-state index contributed by atoms with van der Waals surface area (Å²) < 4.78 is 15.4. The highest BCUT2D eigenvalue weighted by Crippen LogP contribution is 2.42. The van der Waals surface area contributed by atoms with Crippen LogP contribution in [0.2, 0.25) is 0 Å². The SMILES string of the molecule is Cc1c(O)cc2c(c1C)O[C@](C)(CCC[C@H](C)CCC[C@H](C)CCCC(C)C)CC2.O=P(O)(O)O. The number of hydrogen-bond acceptors (Lipinski definition) is 3. The third-order valence-electron chi connectivity index (χ3n) is 7.44. The summed E-state index contributed by atoms with van der Waals surface area (Å²) in [5.41, 5.74) is 3.16. The van der Waals surface area contributed by atoms with E-state index in [-0.39, 0.29) is 5.60 Å². The summed E-state index contributed by atoms with van der Waals surface area (Å²) in [4.78, 5) is 21.6. The van der Waals surface area contributed by atoms with E-state index < -0.39 is 7.82 Å². The average Bonchev–Trinajstić information content (AvgIpc) is 2.71. The predicted octanol–water partition coefficient (Wildman–Crippen LogP) is 7.60. The summed E-state index contributed by atoms with van der Waals surface area (Å²) >= 11 is 0. The maximum absolute atomic E-state index is 10.1. The molecule has 2 rings (SSSR count). The van der Waals surface area contributed by atoms with Gasteiger partial charge in [-0.3, -0.25) is 0 Å². The van der Waals surface area contributed by atoms with Crippen molar-refractivity contribution in [1.29, 1.82) is 0 Å². The van der Waals surface area contributed by atoms with Gasteiger partial charge in [0.2, 0.25) is 0 Å². The van der Waals surface area contributed by atoms with Gasteiger partial charge in [-0.15, -0.1) is 0 Å². The van der Waals surface area contributed by atoms with Gasteiger partial charge in [0, 0.05) is 0 Å².